The van der Waals surface area contributed by atoms with Gasteiger partial charge in [-0.05, 0) is 39.7 Å². The van der Waals surface area contributed by atoms with Crippen molar-refractivity contribution in [2.45, 2.75) is 6.10 Å². The maximum atomic E-state index is 13.4. The standard InChI is InChI=1S/C14H9BrF4O2/c1-21-12-5-9(16)8(15)4-7(12)14(20)6-2-10(17)13(19)11(18)3-6/h2-5,14,20H,1H3. The molecule has 0 aliphatic rings. The molecule has 2 aromatic carbocycles. The maximum Gasteiger partial charge on any atom is 0.194 e. The predicted molar refractivity (Wildman–Crippen MR) is 71.0 cm³/mol. The first-order valence-electron chi connectivity index (χ1n) is 5.70. The molecule has 0 radical (unpaired) electrons. The van der Waals surface area contributed by atoms with Crippen LogP contribution in [0.3, 0.4) is 0 Å². The maximum absolute atomic E-state index is 13.4. The van der Waals surface area contributed by atoms with E-state index in [1.165, 1.54) is 13.2 Å². The molecule has 0 saturated carbocycles. The minimum Gasteiger partial charge on any atom is -0.496 e. The Morgan fingerprint density at radius 2 is 1.57 bits per heavy atom. The number of aliphatic hydroxyl groups excluding tert-OH is 1. The molecule has 1 N–H and O–H groups in total. The van der Waals surface area contributed by atoms with Gasteiger partial charge in [0.2, 0.25) is 0 Å². The van der Waals surface area contributed by atoms with Crippen molar-refractivity contribution in [3.8, 4) is 5.75 Å². The zero-order valence-corrected chi connectivity index (χ0v) is 12.2. The monoisotopic (exact) mass is 364 g/mol. The molecule has 2 rings (SSSR count). The number of methoxy groups -OCH3 is 1. The van der Waals surface area contributed by atoms with E-state index in [1.807, 2.05) is 0 Å². The Labute approximate surface area is 126 Å². The normalized spacial score (nSPS) is 12.3. The van der Waals surface area contributed by atoms with Crippen LogP contribution >= 0.6 is 15.9 Å². The van der Waals surface area contributed by atoms with Crippen LogP contribution in [0.15, 0.2) is 28.7 Å². The van der Waals surface area contributed by atoms with Crippen LogP contribution in [0.5, 0.6) is 5.75 Å². The van der Waals surface area contributed by atoms with Crippen LogP contribution in [-0.4, -0.2) is 12.2 Å². The Hall–Kier alpha value is -1.60. The summed E-state index contributed by atoms with van der Waals surface area (Å²) in [6, 6.07) is 3.57. The molecule has 0 aromatic heterocycles. The molecular formula is C14H9BrF4O2. The van der Waals surface area contributed by atoms with Gasteiger partial charge in [0.05, 0.1) is 11.6 Å². The van der Waals surface area contributed by atoms with Gasteiger partial charge in [-0.2, -0.15) is 0 Å². The van der Waals surface area contributed by atoms with Crippen LogP contribution in [0.4, 0.5) is 17.6 Å². The van der Waals surface area contributed by atoms with Gasteiger partial charge in [-0.15, -0.1) is 0 Å². The van der Waals surface area contributed by atoms with Crippen LogP contribution in [-0.2, 0) is 0 Å². The van der Waals surface area contributed by atoms with Gasteiger partial charge in [0.15, 0.2) is 17.5 Å². The topological polar surface area (TPSA) is 29.5 Å². The van der Waals surface area contributed by atoms with E-state index in [-0.39, 0.29) is 21.3 Å². The lowest BCUT2D eigenvalue weighted by molar-refractivity contribution is 0.213. The Morgan fingerprint density at radius 1 is 1.00 bits per heavy atom. The molecular weight excluding hydrogens is 356 g/mol. The summed E-state index contributed by atoms with van der Waals surface area (Å²) in [5, 5.41) is 10.2. The summed E-state index contributed by atoms with van der Waals surface area (Å²) in [7, 11) is 1.25. The van der Waals surface area contributed by atoms with Gasteiger partial charge in [-0.25, -0.2) is 17.6 Å². The summed E-state index contributed by atoms with van der Waals surface area (Å²) in [6.07, 6.45) is -1.51. The quantitative estimate of drug-likeness (QED) is 0.656. The van der Waals surface area contributed by atoms with Gasteiger partial charge in [-0.3, -0.25) is 0 Å². The zero-order valence-electron chi connectivity index (χ0n) is 10.6. The van der Waals surface area contributed by atoms with Gasteiger partial charge in [-0.1, -0.05) is 0 Å². The molecule has 0 fully saturated rings. The molecule has 2 nitrogen and oxygen atoms in total. The molecule has 0 aliphatic carbocycles. The zero-order chi connectivity index (χ0) is 15.7. The summed E-state index contributed by atoms with van der Waals surface area (Å²) in [5.74, 6) is -5.11. The Kier molecular flexibility index (Phi) is 4.53. The van der Waals surface area contributed by atoms with E-state index in [0.717, 1.165) is 6.07 Å². The van der Waals surface area contributed by atoms with Crippen molar-refractivity contribution in [1.29, 1.82) is 0 Å². The van der Waals surface area contributed by atoms with E-state index in [1.54, 1.807) is 0 Å². The minimum atomic E-state index is -1.63. The molecule has 0 bridgehead atoms. The molecule has 112 valence electrons. The third kappa shape index (κ3) is 3.03. The second kappa shape index (κ2) is 6.03. The lowest BCUT2D eigenvalue weighted by Crippen LogP contribution is -2.05. The lowest BCUT2D eigenvalue weighted by Gasteiger charge is -2.16. The third-order valence-corrected chi connectivity index (χ3v) is 3.50. The van der Waals surface area contributed by atoms with Gasteiger partial charge >= 0.3 is 0 Å². The van der Waals surface area contributed by atoms with E-state index in [4.69, 9.17) is 4.74 Å². The smallest absolute Gasteiger partial charge is 0.194 e. The van der Waals surface area contributed by atoms with Crippen molar-refractivity contribution >= 4 is 15.9 Å². The van der Waals surface area contributed by atoms with E-state index < -0.39 is 29.4 Å². The molecule has 7 heteroatoms. The summed E-state index contributed by atoms with van der Waals surface area (Å²) >= 11 is 2.94. The third-order valence-electron chi connectivity index (χ3n) is 2.89. The van der Waals surface area contributed by atoms with Crippen molar-refractivity contribution in [3.05, 3.63) is 63.1 Å². The van der Waals surface area contributed by atoms with E-state index in [9.17, 15) is 22.7 Å². The molecule has 1 atom stereocenters. The van der Waals surface area contributed by atoms with Gasteiger partial charge < -0.3 is 9.84 Å². The number of hydrogen-bond donors (Lipinski definition) is 1. The van der Waals surface area contributed by atoms with E-state index >= 15 is 0 Å². The number of halogens is 5. The van der Waals surface area contributed by atoms with Crippen LogP contribution in [0.2, 0.25) is 0 Å². The Morgan fingerprint density at radius 3 is 2.10 bits per heavy atom. The SMILES string of the molecule is COc1cc(F)c(Br)cc1C(O)c1cc(F)c(F)c(F)c1. The molecule has 0 spiro atoms. The summed E-state index contributed by atoms with van der Waals surface area (Å²) in [4.78, 5) is 0. The number of hydrogen-bond acceptors (Lipinski definition) is 2. The van der Waals surface area contributed by atoms with Gasteiger partial charge in [0.1, 0.15) is 17.7 Å². The second-order valence-corrected chi connectivity index (χ2v) is 5.06. The summed E-state index contributed by atoms with van der Waals surface area (Å²) in [5.41, 5.74) is -0.139. The van der Waals surface area contributed by atoms with Crippen LogP contribution in [0, 0.1) is 23.3 Å². The number of rotatable bonds is 3. The van der Waals surface area contributed by atoms with E-state index in [0.29, 0.717) is 12.1 Å². The van der Waals surface area contributed by atoms with Crippen molar-refractivity contribution in [2.75, 3.05) is 7.11 Å². The molecule has 0 saturated heterocycles. The average Bonchev–Trinajstić information content (AvgIpc) is 2.45. The summed E-state index contributed by atoms with van der Waals surface area (Å²) in [6.45, 7) is 0. The average molecular weight is 365 g/mol. The molecule has 0 amide bonds. The second-order valence-electron chi connectivity index (χ2n) is 4.21. The largest absolute Gasteiger partial charge is 0.496 e. The van der Waals surface area contributed by atoms with Gasteiger partial charge in [0, 0.05) is 11.6 Å². The summed E-state index contributed by atoms with van der Waals surface area (Å²) < 4.78 is 57.7. The Balaban J connectivity index is 2.54. The van der Waals surface area contributed by atoms with Crippen LogP contribution in [0.25, 0.3) is 0 Å². The fourth-order valence-corrected chi connectivity index (χ4v) is 2.21. The number of aliphatic hydroxyl groups is 1. The van der Waals surface area contributed by atoms with Crippen LogP contribution in [0.1, 0.15) is 17.2 Å². The van der Waals surface area contributed by atoms with Gasteiger partial charge in [0.25, 0.3) is 0 Å². The first-order valence-corrected chi connectivity index (χ1v) is 6.50. The molecule has 0 aliphatic heterocycles. The van der Waals surface area contributed by atoms with Crippen molar-refractivity contribution in [2.24, 2.45) is 0 Å². The van der Waals surface area contributed by atoms with Crippen molar-refractivity contribution in [1.82, 2.24) is 0 Å². The van der Waals surface area contributed by atoms with Crippen molar-refractivity contribution < 1.29 is 27.4 Å². The first kappa shape index (κ1) is 15.8. The lowest BCUT2D eigenvalue weighted by atomic mass is 10.00. The number of benzene rings is 2. The Bertz CT molecular complexity index is 668. The van der Waals surface area contributed by atoms with E-state index in [2.05, 4.69) is 15.9 Å². The predicted octanol–water partition coefficient (Wildman–Crippen LogP) is 4.10. The highest BCUT2D eigenvalue weighted by molar-refractivity contribution is 9.10. The fourth-order valence-electron chi connectivity index (χ4n) is 1.85. The minimum absolute atomic E-state index is 0.00617. The molecule has 0 heterocycles. The first-order chi connectivity index (χ1) is 9.85. The highest BCUT2D eigenvalue weighted by atomic mass is 79.9. The highest BCUT2D eigenvalue weighted by Gasteiger charge is 2.21. The van der Waals surface area contributed by atoms with Crippen molar-refractivity contribution in [3.63, 3.8) is 0 Å². The molecule has 21 heavy (non-hydrogen) atoms. The molecule has 2 aromatic rings. The fraction of sp³-hybridized carbons (Fsp3) is 0.143. The highest BCUT2D eigenvalue weighted by Crippen LogP contribution is 2.34. The van der Waals surface area contributed by atoms with Crippen LogP contribution < -0.4 is 4.74 Å². The number of ether oxygens (including phenoxy) is 1. The molecule has 1 unspecified atom stereocenters.